The van der Waals surface area contributed by atoms with Crippen molar-refractivity contribution < 1.29 is 23.4 Å². The average Bonchev–Trinajstić information content (AvgIpc) is 3.68. The van der Waals surface area contributed by atoms with Crippen LogP contribution in [-0.2, 0) is 15.9 Å². The Morgan fingerprint density at radius 2 is 1.90 bits per heavy atom. The second-order valence-corrected chi connectivity index (χ2v) is 13.0. The van der Waals surface area contributed by atoms with E-state index in [0.717, 1.165) is 20.9 Å². The Morgan fingerprint density at radius 1 is 1.08 bits per heavy atom. The molecular weight excluding hydrogens is 654 g/mol. The van der Waals surface area contributed by atoms with Crippen LogP contribution in [0, 0.1) is 24.6 Å². The molecular formula is C34H36FN7O4S2. The number of nitrogens with one attached hydrogen (secondary N) is 1. The Labute approximate surface area is 286 Å². The lowest BCUT2D eigenvalue weighted by molar-refractivity contribution is 0.0503. The summed E-state index contributed by atoms with van der Waals surface area (Å²) in [6, 6.07) is 14.4. The van der Waals surface area contributed by atoms with Gasteiger partial charge in [0.25, 0.3) is 0 Å². The molecule has 0 fully saturated rings. The number of halogens is 1. The first kappa shape index (κ1) is 34.6. The number of fused-ring (bicyclic) bond motifs is 1. The molecule has 0 amide bonds. The number of para-hydroxylation sites is 1. The van der Waals surface area contributed by atoms with E-state index < -0.39 is 17.9 Å². The average molecular weight is 690 g/mol. The smallest absolute Gasteiger partial charge is 0.358 e. The van der Waals surface area contributed by atoms with E-state index in [9.17, 15) is 9.18 Å². The third kappa shape index (κ3) is 8.61. The first-order valence-corrected chi connectivity index (χ1v) is 16.7. The van der Waals surface area contributed by atoms with Crippen LogP contribution in [0.1, 0.15) is 33.4 Å². The topological polar surface area (TPSA) is 115 Å². The van der Waals surface area contributed by atoms with Crippen molar-refractivity contribution in [3.8, 4) is 17.6 Å². The largest absolute Gasteiger partial charge is 0.488 e. The third-order valence-corrected chi connectivity index (χ3v) is 9.11. The van der Waals surface area contributed by atoms with Crippen molar-refractivity contribution in [1.82, 2.24) is 25.1 Å². The number of benzene rings is 2. The van der Waals surface area contributed by atoms with E-state index in [1.165, 1.54) is 35.8 Å². The first-order valence-electron chi connectivity index (χ1n) is 15.1. The van der Waals surface area contributed by atoms with Crippen LogP contribution >= 0.6 is 22.7 Å². The van der Waals surface area contributed by atoms with Crippen LogP contribution < -0.4 is 15.0 Å². The van der Waals surface area contributed by atoms with Gasteiger partial charge in [0.1, 0.15) is 6.61 Å². The number of esters is 1. The normalized spacial score (nSPS) is 11.7. The molecule has 0 bridgehead atoms. The molecule has 0 aliphatic heterocycles. The highest BCUT2D eigenvalue weighted by Gasteiger charge is 2.25. The van der Waals surface area contributed by atoms with E-state index in [4.69, 9.17) is 14.2 Å². The Morgan fingerprint density at radius 3 is 2.60 bits per heavy atom. The first-order chi connectivity index (χ1) is 23.1. The van der Waals surface area contributed by atoms with E-state index in [-0.39, 0.29) is 31.1 Å². The third-order valence-electron chi connectivity index (χ3n) is 7.01. The molecule has 0 spiro atoms. The van der Waals surface area contributed by atoms with Gasteiger partial charge in [-0.2, -0.15) is 0 Å². The molecule has 0 saturated heterocycles. The quantitative estimate of drug-likeness (QED) is 0.112. The zero-order chi connectivity index (χ0) is 34.2. The van der Waals surface area contributed by atoms with Gasteiger partial charge in [0, 0.05) is 31.0 Å². The van der Waals surface area contributed by atoms with Crippen LogP contribution in [0.4, 0.5) is 26.3 Å². The molecule has 0 aliphatic carbocycles. The number of hydrogen-bond donors (Lipinski definition) is 1. The number of carbonyl (C=O) groups is 1. The van der Waals surface area contributed by atoms with Crippen molar-refractivity contribution in [3.63, 3.8) is 0 Å². The Bertz CT molecular complexity index is 1920. The van der Waals surface area contributed by atoms with Crippen LogP contribution in [0.3, 0.4) is 0 Å². The Hall–Kier alpha value is -4.68. The number of nitrogens with zero attached hydrogens (tertiary/aromatic N) is 6. The van der Waals surface area contributed by atoms with Crippen molar-refractivity contribution in [2.24, 2.45) is 0 Å². The predicted octanol–water partition coefficient (Wildman–Crippen LogP) is 6.23. The zero-order valence-corrected chi connectivity index (χ0v) is 29.2. The molecule has 14 heteroatoms. The van der Waals surface area contributed by atoms with Gasteiger partial charge in [0.05, 0.1) is 29.5 Å². The molecule has 0 saturated carbocycles. The highest BCUT2D eigenvalue weighted by Crippen LogP contribution is 2.33. The van der Waals surface area contributed by atoms with Crippen LogP contribution in [0.15, 0.2) is 48.5 Å². The van der Waals surface area contributed by atoms with Crippen LogP contribution in [-0.4, -0.2) is 85.1 Å². The minimum absolute atomic E-state index is 0.0399. The van der Waals surface area contributed by atoms with E-state index in [2.05, 4.69) is 37.3 Å². The summed E-state index contributed by atoms with van der Waals surface area (Å²) in [4.78, 5) is 26.5. The zero-order valence-electron chi connectivity index (χ0n) is 27.5. The monoisotopic (exact) mass is 689 g/mol. The molecule has 5 rings (SSSR count). The molecule has 48 heavy (non-hydrogen) atoms. The van der Waals surface area contributed by atoms with E-state index in [1.807, 2.05) is 56.3 Å². The van der Waals surface area contributed by atoms with Gasteiger partial charge in [-0.1, -0.05) is 35.3 Å². The van der Waals surface area contributed by atoms with Crippen molar-refractivity contribution in [3.05, 3.63) is 76.0 Å². The Kier molecular flexibility index (Phi) is 11.5. The van der Waals surface area contributed by atoms with Gasteiger partial charge in [-0.15, -0.1) is 21.5 Å². The molecule has 1 N–H and O–H groups in total. The molecule has 2 aromatic carbocycles. The maximum absolute atomic E-state index is 14.8. The fourth-order valence-corrected chi connectivity index (χ4v) is 6.41. The maximum atomic E-state index is 14.8. The summed E-state index contributed by atoms with van der Waals surface area (Å²) in [7, 11) is 7.17. The minimum atomic E-state index is -0.547. The fourth-order valence-electron chi connectivity index (χ4n) is 4.46. The van der Waals surface area contributed by atoms with Gasteiger partial charge in [-0.25, -0.2) is 19.2 Å². The van der Waals surface area contributed by atoms with E-state index >= 15 is 0 Å². The Balaban J connectivity index is 1.30. The van der Waals surface area contributed by atoms with Gasteiger partial charge in [0.15, 0.2) is 39.2 Å². The highest BCUT2D eigenvalue weighted by atomic mass is 32.1. The maximum Gasteiger partial charge on any atom is 0.358 e. The molecule has 1 unspecified atom stereocenters. The summed E-state index contributed by atoms with van der Waals surface area (Å²) < 4.78 is 32.6. The number of methoxy groups -OCH3 is 1. The van der Waals surface area contributed by atoms with Gasteiger partial charge in [0.2, 0.25) is 0 Å². The van der Waals surface area contributed by atoms with Crippen molar-refractivity contribution in [2.45, 2.75) is 26.4 Å². The van der Waals surface area contributed by atoms with E-state index in [0.29, 0.717) is 33.8 Å². The molecule has 11 nitrogen and oxygen atoms in total. The second kappa shape index (κ2) is 15.9. The molecule has 0 aliphatic rings. The van der Waals surface area contributed by atoms with Crippen molar-refractivity contribution in [1.29, 1.82) is 0 Å². The number of aromatic nitrogens is 4. The molecule has 5 aromatic rings. The number of thiazole rings is 2. The summed E-state index contributed by atoms with van der Waals surface area (Å²) in [6.45, 7) is 4.47. The number of carbonyl (C=O) groups excluding carboxylic acids is 1. The molecule has 3 aromatic heterocycles. The fraction of sp³-hybridized carbons (Fsp3) is 0.324. The lowest BCUT2D eigenvalue weighted by Crippen LogP contribution is -2.24. The van der Waals surface area contributed by atoms with Gasteiger partial charge < -0.3 is 24.4 Å². The summed E-state index contributed by atoms with van der Waals surface area (Å²) in [5.41, 5.74) is 2.50. The molecule has 3 heterocycles. The van der Waals surface area contributed by atoms with Gasteiger partial charge in [-0.05, 0) is 69.9 Å². The summed E-state index contributed by atoms with van der Waals surface area (Å²) in [6.07, 6.45) is -0.229. The molecule has 1 atom stereocenters. The van der Waals surface area contributed by atoms with Crippen LogP contribution in [0.5, 0.6) is 5.75 Å². The molecule has 0 radical (unpaired) electrons. The lowest BCUT2D eigenvalue weighted by Gasteiger charge is -2.17. The number of hydrogen-bond acceptors (Lipinski definition) is 13. The summed E-state index contributed by atoms with van der Waals surface area (Å²) in [5.74, 6) is 6.07. The van der Waals surface area contributed by atoms with Crippen molar-refractivity contribution in [2.75, 3.05) is 58.2 Å². The van der Waals surface area contributed by atoms with Crippen LogP contribution in [0.2, 0.25) is 0 Å². The van der Waals surface area contributed by atoms with Gasteiger partial charge >= 0.3 is 5.97 Å². The number of aryl methyl sites for hydroxylation is 1. The lowest BCUT2D eigenvalue weighted by atomic mass is 10.2. The standard InChI is InChI=1S/C34H36FN7O4S2/c1-7-45-32(43)30-28(19-23(44-6)20-46-26-15-14-22(18-24(26)35)11-10-16-41(3)4)48-34(37-30)42(5)29-17-21(2)31(40-39-29)38-33-36-25-12-8-9-13-27(25)47-33/h8-9,12-15,17-18,23H,7,16,19-20H2,1-6H3,(H,36,38,40). The number of rotatable bonds is 13. The number of anilines is 4. The summed E-state index contributed by atoms with van der Waals surface area (Å²) >= 11 is 2.84. The molecule has 250 valence electrons. The second-order valence-electron chi connectivity index (χ2n) is 11.0. The van der Waals surface area contributed by atoms with Crippen LogP contribution in [0.25, 0.3) is 10.2 Å². The van der Waals surface area contributed by atoms with E-state index in [1.54, 1.807) is 31.0 Å². The number of ether oxygens (including phenoxy) is 3. The van der Waals surface area contributed by atoms with Crippen molar-refractivity contribution >= 4 is 60.8 Å². The minimum Gasteiger partial charge on any atom is -0.488 e. The van der Waals surface area contributed by atoms with Gasteiger partial charge in [-0.3, -0.25) is 4.90 Å². The summed E-state index contributed by atoms with van der Waals surface area (Å²) in [5, 5.41) is 13.3. The predicted molar refractivity (Wildman–Crippen MR) is 188 cm³/mol. The SMILES string of the molecule is CCOC(=O)c1nc(N(C)c2cc(C)c(Nc3nc4ccccc4s3)nn2)sc1CC(COc1ccc(C#CCN(C)C)cc1F)OC. The highest BCUT2D eigenvalue weighted by molar-refractivity contribution is 7.22.